The number of methoxy groups -OCH3 is 1. The van der Waals surface area contributed by atoms with Gasteiger partial charge in [-0.15, -0.1) is 0 Å². The highest BCUT2D eigenvalue weighted by molar-refractivity contribution is 5.80. The van der Waals surface area contributed by atoms with Crippen molar-refractivity contribution >= 4 is 11.8 Å². The summed E-state index contributed by atoms with van der Waals surface area (Å²) in [7, 11) is 1.56. The summed E-state index contributed by atoms with van der Waals surface area (Å²) in [5.74, 6) is 1.55. The molecule has 0 aromatic carbocycles. The first kappa shape index (κ1) is 14.5. The molecule has 7 heteroatoms. The predicted molar refractivity (Wildman–Crippen MR) is 74.0 cm³/mol. The Balaban J connectivity index is 2.27. The van der Waals surface area contributed by atoms with Crippen LogP contribution in [0.5, 0.6) is 5.88 Å². The molecule has 20 heavy (non-hydrogen) atoms. The average molecular weight is 280 g/mol. The first-order valence-corrected chi connectivity index (χ1v) is 6.69. The van der Waals surface area contributed by atoms with E-state index in [9.17, 15) is 4.79 Å². The molecule has 1 aliphatic heterocycles. The minimum absolute atomic E-state index is 0.241. The third kappa shape index (κ3) is 3.16. The van der Waals surface area contributed by atoms with Crippen molar-refractivity contribution < 1.29 is 14.3 Å². The van der Waals surface area contributed by atoms with Crippen LogP contribution in [0.4, 0.5) is 5.82 Å². The van der Waals surface area contributed by atoms with E-state index in [0.29, 0.717) is 37.2 Å². The van der Waals surface area contributed by atoms with Gasteiger partial charge in [0.2, 0.25) is 5.88 Å². The van der Waals surface area contributed by atoms with Gasteiger partial charge in [-0.2, -0.15) is 4.98 Å². The third-order valence-electron chi connectivity index (χ3n) is 3.11. The predicted octanol–water partition coefficient (Wildman–Crippen LogP) is 0.135. The Labute approximate surface area is 118 Å². The number of esters is 1. The fraction of sp³-hybridized carbons (Fsp3) is 0.615. The Hall–Kier alpha value is -1.89. The maximum absolute atomic E-state index is 12.0. The minimum Gasteiger partial charge on any atom is -0.481 e. The van der Waals surface area contributed by atoms with Crippen LogP contribution in [-0.4, -0.2) is 55.3 Å². The zero-order valence-electron chi connectivity index (χ0n) is 12.0. The van der Waals surface area contributed by atoms with Gasteiger partial charge in [-0.05, 0) is 13.8 Å². The highest BCUT2D eigenvalue weighted by Crippen LogP contribution is 2.21. The van der Waals surface area contributed by atoms with Crippen LogP contribution in [0.2, 0.25) is 0 Å². The highest BCUT2D eigenvalue weighted by Gasteiger charge is 2.31. The number of ether oxygens (including phenoxy) is 2. The van der Waals surface area contributed by atoms with Gasteiger partial charge >= 0.3 is 5.97 Å². The topological polar surface area (TPSA) is 76.6 Å². The number of nitrogens with zero attached hydrogens (tertiary/aromatic N) is 3. The summed E-state index contributed by atoms with van der Waals surface area (Å²) in [5, 5.41) is 3.20. The normalized spacial score (nSPS) is 18.8. The van der Waals surface area contributed by atoms with Crippen LogP contribution in [-0.2, 0) is 9.53 Å². The summed E-state index contributed by atoms with van der Waals surface area (Å²) in [5.41, 5.74) is 0. The molecular formula is C13H20N4O3. The Bertz CT molecular complexity index is 481. The molecule has 1 aliphatic rings. The second-order valence-electron chi connectivity index (χ2n) is 4.48. The van der Waals surface area contributed by atoms with Gasteiger partial charge in [-0.25, -0.2) is 9.78 Å². The SMILES string of the molecule is CCOC(=O)C1CNCCN1c1cc(OC)nc(C)n1. The summed E-state index contributed by atoms with van der Waals surface area (Å²) in [6.07, 6.45) is 0. The maximum atomic E-state index is 12.0. The van der Waals surface area contributed by atoms with E-state index in [0.717, 1.165) is 6.54 Å². The first-order valence-electron chi connectivity index (χ1n) is 6.69. The Morgan fingerprint density at radius 3 is 3.05 bits per heavy atom. The summed E-state index contributed by atoms with van der Waals surface area (Å²) < 4.78 is 10.3. The van der Waals surface area contributed by atoms with Gasteiger partial charge in [0.15, 0.2) is 0 Å². The molecular weight excluding hydrogens is 260 g/mol. The van der Waals surface area contributed by atoms with Crippen LogP contribution in [0, 0.1) is 6.92 Å². The van der Waals surface area contributed by atoms with Crippen molar-refractivity contribution in [1.82, 2.24) is 15.3 Å². The maximum Gasteiger partial charge on any atom is 0.330 e. The quantitative estimate of drug-likeness (QED) is 0.786. The minimum atomic E-state index is -0.372. The molecule has 1 saturated heterocycles. The lowest BCUT2D eigenvalue weighted by molar-refractivity contribution is -0.144. The number of carbonyl (C=O) groups excluding carboxylic acids is 1. The van der Waals surface area contributed by atoms with Crippen LogP contribution >= 0.6 is 0 Å². The molecule has 0 saturated carbocycles. The van der Waals surface area contributed by atoms with E-state index in [1.807, 2.05) is 4.90 Å². The van der Waals surface area contributed by atoms with Crippen molar-refractivity contribution in [1.29, 1.82) is 0 Å². The molecule has 1 aromatic rings. The second-order valence-corrected chi connectivity index (χ2v) is 4.48. The van der Waals surface area contributed by atoms with E-state index < -0.39 is 0 Å². The van der Waals surface area contributed by atoms with Gasteiger partial charge in [-0.3, -0.25) is 0 Å². The molecule has 1 atom stereocenters. The van der Waals surface area contributed by atoms with Gasteiger partial charge in [0, 0.05) is 25.7 Å². The summed E-state index contributed by atoms with van der Waals surface area (Å²) in [4.78, 5) is 22.5. The van der Waals surface area contributed by atoms with Crippen molar-refractivity contribution in [2.45, 2.75) is 19.9 Å². The second kappa shape index (κ2) is 6.51. The molecule has 110 valence electrons. The first-order chi connectivity index (χ1) is 9.65. The molecule has 1 N–H and O–H groups in total. The van der Waals surface area contributed by atoms with Crippen LogP contribution in [0.3, 0.4) is 0 Å². The van der Waals surface area contributed by atoms with Crippen LogP contribution in [0.25, 0.3) is 0 Å². The fourth-order valence-electron chi connectivity index (χ4n) is 2.20. The molecule has 1 aromatic heterocycles. The number of hydrogen-bond acceptors (Lipinski definition) is 7. The summed E-state index contributed by atoms with van der Waals surface area (Å²) in [6.45, 7) is 5.99. The average Bonchev–Trinajstić information content (AvgIpc) is 2.46. The Kier molecular flexibility index (Phi) is 4.73. The monoisotopic (exact) mass is 280 g/mol. The van der Waals surface area contributed by atoms with Crippen molar-refractivity contribution in [3.05, 3.63) is 11.9 Å². The molecule has 2 heterocycles. The molecule has 0 amide bonds. The van der Waals surface area contributed by atoms with Gasteiger partial charge < -0.3 is 19.7 Å². The number of piperazine rings is 1. The molecule has 0 bridgehead atoms. The number of hydrogen-bond donors (Lipinski definition) is 1. The Morgan fingerprint density at radius 1 is 1.55 bits per heavy atom. The summed E-state index contributed by atoms with van der Waals surface area (Å²) in [6, 6.07) is 1.37. The molecule has 0 aliphatic carbocycles. The molecule has 7 nitrogen and oxygen atoms in total. The molecule has 1 fully saturated rings. The molecule has 0 radical (unpaired) electrons. The van der Waals surface area contributed by atoms with Gasteiger partial charge in [0.05, 0.1) is 13.7 Å². The number of aryl methyl sites for hydroxylation is 1. The van der Waals surface area contributed by atoms with Crippen LogP contribution in [0.15, 0.2) is 6.07 Å². The zero-order chi connectivity index (χ0) is 14.5. The van der Waals surface area contributed by atoms with Crippen molar-refractivity contribution in [2.75, 3.05) is 38.3 Å². The van der Waals surface area contributed by atoms with Crippen molar-refractivity contribution in [3.63, 3.8) is 0 Å². The van der Waals surface area contributed by atoms with Crippen LogP contribution < -0.4 is 15.0 Å². The number of anilines is 1. The number of nitrogens with one attached hydrogen (secondary N) is 1. The van der Waals surface area contributed by atoms with Gasteiger partial charge in [0.1, 0.15) is 17.7 Å². The fourth-order valence-corrected chi connectivity index (χ4v) is 2.20. The lowest BCUT2D eigenvalue weighted by Gasteiger charge is -2.35. The Morgan fingerprint density at radius 2 is 2.35 bits per heavy atom. The smallest absolute Gasteiger partial charge is 0.330 e. The standard InChI is InChI=1S/C13H20N4O3/c1-4-20-13(18)10-8-14-5-6-17(10)11-7-12(19-3)16-9(2)15-11/h7,10,14H,4-6,8H2,1-3H3. The molecule has 2 rings (SSSR count). The molecule has 0 spiro atoms. The molecule has 1 unspecified atom stereocenters. The van der Waals surface area contributed by atoms with Crippen molar-refractivity contribution in [2.24, 2.45) is 0 Å². The lowest BCUT2D eigenvalue weighted by atomic mass is 10.2. The van der Waals surface area contributed by atoms with E-state index in [1.54, 1.807) is 27.0 Å². The highest BCUT2D eigenvalue weighted by atomic mass is 16.5. The summed E-state index contributed by atoms with van der Waals surface area (Å²) >= 11 is 0. The number of rotatable bonds is 4. The lowest BCUT2D eigenvalue weighted by Crippen LogP contribution is -2.56. The van der Waals surface area contributed by atoms with E-state index in [2.05, 4.69) is 15.3 Å². The number of carbonyl (C=O) groups is 1. The number of aromatic nitrogens is 2. The van der Waals surface area contributed by atoms with Crippen LogP contribution in [0.1, 0.15) is 12.7 Å². The van der Waals surface area contributed by atoms with E-state index in [4.69, 9.17) is 9.47 Å². The van der Waals surface area contributed by atoms with Gasteiger partial charge in [-0.1, -0.05) is 0 Å². The largest absolute Gasteiger partial charge is 0.481 e. The van der Waals surface area contributed by atoms with Crippen molar-refractivity contribution in [3.8, 4) is 5.88 Å². The van der Waals surface area contributed by atoms with Gasteiger partial charge in [0.25, 0.3) is 0 Å². The zero-order valence-corrected chi connectivity index (χ0v) is 12.0. The third-order valence-corrected chi connectivity index (χ3v) is 3.11. The van der Waals surface area contributed by atoms with E-state index in [-0.39, 0.29) is 12.0 Å². The van der Waals surface area contributed by atoms with E-state index >= 15 is 0 Å². The van der Waals surface area contributed by atoms with E-state index in [1.165, 1.54) is 0 Å².